The van der Waals surface area contributed by atoms with Gasteiger partial charge in [0, 0.05) is 44.2 Å². The number of hydrogen-bond donors (Lipinski definition) is 3. The predicted molar refractivity (Wildman–Crippen MR) is 86.6 cm³/mol. The zero-order valence-electron chi connectivity index (χ0n) is 13.4. The minimum Gasteiger partial charge on any atom is -0.465 e. The molecule has 0 bridgehead atoms. The van der Waals surface area contributed by atoms with E-state index in [-0.39, 0.29) is 22.8 Å². The zero-order valence-corrected chi connectivity index (χ0v) is 13.4. The number of aromatic amines is 1. The van der Waals surface area contributed by atoms with E-state index in [1.807, 2.05) is 0 Å². The SMILES string of the molecule is O=C(O)NC1CCN(CCc2nc3cc(F)c(F)cc3[nH]c2=O)CC1. The minimum atomic E-state index is -1.03. The van der Waals surface area contributed by atoms with Crippen LogP contribution in [0.4, 0.5) is 13.6 Å². The van der Waals surface area contributed by atoms with Gasteiger partial charge in [-0.3, -0.25) is 4.79 Å². The molecule has 0 radical (unpaired) electrons. The number of nitrogens with one attached hydrogen (secondary N) is 2. The van der Waals surface area contributed by atoms with Crippen LogP contribution in [0.3, 0.4) is 0 Å². The Morgan fingerprint density at radius 3 is 2.68 bits per heavy atom. The fraction of sp³-hybridized carbons (Fsp3) is 0.438. The van der Waals surface area contributed by atoms with Gasteiger partial charge >= 0.3 is 6.09 Å². The number of piperidine rings is 1. The van der Waals surface area contributed by atoms with Crippen LogP contribution in [0.15, 0.2) is 16.9 Å². The van der Waals surface area contributed by atoms with Crippen molar-refractivity contribution in [2.24, 2.45) is 0 Å². The number of amides is 1. The Labute approximate surface area is 141 Å². The Bertz CT molecular complexity index is 847. The third-order valence-corrected chi connectivity index (χ3v) is 4.38. The van der Waals surface area contributed by atoms with Gasteiger partial charge in [-0.25, -0.2) is 18.6 Å². The topological polar surface area (TPSA) is 98.3 Å². The van der Waals surface area contributed by atoms with E-state index in [9.17, 15) is 18.4 Å². The summed E-state index contributed by atoms with van der Waals surface area (Å²) in [5.74, 6) is -2.04. The molecule has 1 aliphatic heterocycles. The largest absolute Gasteiger partial charge is 0.465 e. The number of halogens is 2. The van der Waals surface area contributed by atoms with E-state index >= 15 is 0 Å². The molecule has 3 N–H and O–H groups in total. The number of H-pyrrole nitrogens is 1. The van der Waals surface area contributed by atoms with Gasteiger partial charge in [-0.15, -0.1) is 0 Å². The molecule has 0 atom stereocenters. The minimum absolute atomic E-state index is 0.0474. The summed E-state index contributed by atoms with van der Waals surface area (Å²) >= 11 is 0. The van der Waals surface area contributed by atoms with E-state index in [1.165, 1.54) is 0 Å². The fourth-order valence-corrected chi connectivity index (χ4v) is 3.03. The van der Waals surface area contributed by atoms with Crippen LogP contribution in [-0.4, -0.2) is 51.7 Å². The molecular formula is C16H18F2N4O3. The van der Waals surface area contributed by atoms with E-state index in [1.54, 1.807) is 0 Å². The van der Waals surface area contributed by atoms with Crippen molar-refractivity contribution in [2.45, 2.75) is 25.3 Å². The molecule has 25 heavy (non-hydrogen) atoms. The first-order chi connectivity index (χ1) is 11.9. The van der Waals surface area contributed by atoms with E-state index in [0.717, 1.165) is 25.2 Å². The molecule has 1 aromatic carbocycles. The number of aromatic nitrogens is 2. The molecule has 7 nitrogen and oxygen atoms in total. The normalized spacial score (nSPS) is 16.2. The molecule has 1 saturated heterocycles. The van der Waals surface area contributed by atoms with Crippen molar-refractivity contribution in [3.8, 4) is 0 Å². The molecular weight excluding hydrogens is 334 g/mol. The number of fused-ring (bicyclic) bond motifs is 1. The highest BCUT2D eigenvalue weighted by Crippen LogP contribution is 2.14. The van der Waals surface area contributed by atoms with E-state index in [2.05, 4.69) is 20.2 Å². The predicted octanol–water partition coefficient (Wildman–Crippen LogP) is 1.48. The van der Waals surface area contributed by atoms with Crippen LogP contribution >= 0.6 is 0 Å². The summed E-state index contributed by atoms with van der Waals surface area (Å²) in [7, 11) is 0. The molecule has 1 fully saturated rings. The first-order valence-corrected chi connectivity index (χ1v) is 8.02. The third kappa shape index (κ3) is 4.11. The summed E-state index contributed by atoms with van der Waals surface area (Å²) in [5.41, 5.74) is 0.219. The lowest BCUT2D eigenvalue weighted by molar-refractivity contribution is 0.168. The Balaban J connectivity index is 1.64. The van der Waals surface area contributed by atoms with E-state index < -0.39 is 23.3 Å². The quantitative estimate of drug-likeness (QED) is 0.774. The van der Waals surface area contributed by atoms with Crippen molar-refractivity contribution in [3.05, 3.63) is 39.8 Å². The average molecular weight is 352 g/mol. The summed E-state index contributed by atoms with van der Waals surface area (Å²) in [6.45, 7) is 2.03. The Morgan fingerprint density at radius 2 is 2.00 bits per heavy atom. The zero-order chi connectivity index (χ0) is 18.0. The molecule has 1 aliphatic rings. The molecule has 0 spiro atoms. The van der Waals surface area contributed by atoms with Gasteiger partial charge in [-0.2, -0.15) is 0 Å². The van der Waals surface area contributed by atoms with Crippen molar-refractivity contribution >= 4 is 17.1 Å². The van der Waals surface area contributed by atoms with Gasteiger partial charge in [0.25, 0.3) is 5.56 Å². The number of rotatable bonds is 4. The van der Waals surface area contributed by atoms with Crippen molar-refractivity contribution < 1.29 is 18.7 Å². The second kappa shape index (κ2) is 7.14. The molecule has 3 rings (SSSR count). The van der Waals surface area contributed by atoms with Crippen LogP contribution in [0, 0.1) is 11.6 Å². The van der Waals surface area contributed by atoms with Crippen LogP contribution in [0.5, 0.6) is 0 Å². The summed E-state index contributed by atoms with van der Waals surface area (Å²) in [4.78, 5) is 31.5. The number of nitrogens with zero attached hydrogens (tertiary/aromatic N) is 2. The van der Waals surface area contributed by atoms with Gasteiger partial charge in [-0.1, -0.05) is 0 Å². The number of carboxylic acid groups (broad SMARTS) is 1. The van der Waals surface area contributed by atoms with Crippen LogP contribution in [0.2, 0.25) is 0 Å². The van der Waals surface area contributed by atoms with Crippen LogP contribution in [0.1, 0.15) is 18.5 Å². The summed E-state index contributed by atoms with van der Waals surface area (Å²) in [6.07, 6.45) is 0.770. The van der Waals surface area contributed by atoms with Gasteiger partial charge < -0.3 is 20.3 Å². The van der Waals surface area contributed by atoms with Crippen molar-refractivity contribution in [2.75, 3.05) is 19.6 Å². The second-order valence-corrected chi connectivity index (χ2v) is 6.11. The number of likely N-dealkylation sites (tertiary alicyclic amines) is 1. The molecule has 2 heterocycles. The molecule has 134 valence electrons. The highest BCUT2D eigenvalue weighted by Gasteiger charge is 2.20. The summed E-state index contributed by atoms with van der Waals surface area (Å²) in [6, 6.07) is 1.84. The van der Waals surface area contributed by atoms with Crippen molar-refractivity contribution in [3.63, 3.8) is 0 Å². The summed E-state index contributed by atoms with van der Waals surface area (Å²) < 4.78 is 26.5. The van der Waals surface area contributed by atoms with Gasteiger partial charge in [-0.05, 0) is 12.8 Å². The standard InChI is InChI=1S/C16H18F2N4O3/c17-10-7-13-14(8-11(10)18)21-15(23)12(20-13)3-6-22-4-1-9(2-5-22)19-16(24)25/h7-9,19H,1-6H2,(H,21,23)(H,24,25). The van der Waals surface area contributed by atoms with Crippen LogP contribution < -0.4 is 10.9 Å². The first kappa shape index (κ1) is 17.3. The highest BCUT2D eigenvalue weighted by atomic mass is 19.2. The lowest BCUT2D eigenvalue weighted by Crippen LogP contribution is -2.44. The Kier molecular flexibility index (Phi) is 4.93. The first-order valence-electron chi connectivity index (χ1n) is 8.02. The van der Waals surface area contributed by atoms with Gasteiger partial charge in [0.05, 0.1) is 11.0 Å². The fourth-order valence-electron chi connectivity index (χ4n) is 3.03. The number of benzene rings is 1. The molecule has 0 unspecified atom stereocenters. The van der Waals surface area contributed by atoms with Crippen LogP contribution in [-0.2, 0) is 6.42 Å². The smallest absolute Gasteiger partial charge is 0.404 e. The molecule has 1 amide bonds. The second-order valence-electron chi connectivity index (χ2n) is 6.11. The van der Waals surface area contributed by atoms with Gasteiger partial charge in [0.1, 0.15) is 5.69 Å². The Hall–Kier alpha value is -2.55. The van der Waals surface area contributed by atoms with Crippen molar-refractivity contribution in [1.82, 2.24) is 20.2 Å². The lowest BCUT2D eigenvalue weighted by Gasteiger charge is -2.31. The maximum atomic E-state index is 13.3. The maximum Gasteiger partial charge on any atom is 0.404 e. The number of carbonyl (C=O) groups is 1. The molecule has 0 saturated carbocycles. The van der Waals surface area contributed by atoms with Crippen molar-refractivity contribution in [1.29, 1.82) is 0 Å². The van der Waals surface area contributed by atoms with E-state index in [4.69, 9.17) is 5.11 Å². The molecule has 1 aromatic heterocycles. The van der Waals surface area contributed by atoms with E-state index in [0.29, 0.717) is 25.8 Å². The maximum absolute atomic E-state index is 13.3. The van der Waals surface area contributed by atoms with Gasteiger partial charge in [0.2, 0.25) is 0 Å². The number of hydrogen-bond acceptors (Lipinski definition) is 4. The van der Waals surface area contributed by atoms with Gasteiger partial charge in [0.15, 0.2) is 11.6 Å². The average Bonchev–Trinajstić information content (AvgIpc) is 2.55. The molecule has 2 aromatic rings. The molecule has 9 heteroatoms. The monoisotopic (exact) mass is 352 g/mol. The lowest BCUT2D eigenvalue weighted by atomic mass is 10.0. The molecule has 0 aliphatic carbocycles. The highest BCUT2D eigenvalue weighted by molar-refractivity contribution is 5.74. The van der Waals surface area contributed by atoms with Crippen LogP contribution in [0.25, 0.3) is 11.0 Å². The Morgan fingerprint density at radius 1 is 1.32 bits per heavy atom. The summed E-state index contributed by atoms with van der Waals surface area (Å²) in [5, 5.41) is 11.2. The third-order valence-electron chi connectivity index (χ3n) is 4.38.